The van der Waals surface area contributed by atoms with Gasteiger partial charge in [-0.1, -0.05) is 41.4 Å². The molecule has 0 aliphatic carbocycles. The van der Waals surface area contributed by atoms with E-state index < -0.39 is 0 Å². The number of carbonyl (C=O) groups is 1. The molecule has 4 nitrogen and oxygen atoms in total. The van der Waals surface area contributed by atoms with Crippen LogP contribution in [0.1, 0.15) is 28.9 Å². The molecule has 1 amide bonds. The van der Waals surface area contributed by atoms with E-state index in [0.717, 1.165) is 11.3 Å². The highest BCUT2D eigenvalue weighted by Gasteiger charge is 2.22. The molecule has 0 spiro atoms. The number of carbonyl (C=O) groups excluding carboxylic acids is 1. The van der Waals surface area contributed by atoms with Crippen molar-refractivity contribution in [1.82, 2.24) is 9.88 Å². The maximum atomic E-state index is 12.6. The molecule has 1 atom stereocenters. The number of methoxy groups -OCH3 is 1. The SMILES string of the molecule is COc1ccccc1C(C)N(C)C(=O)c1cc(Cl)nc(Cl)c1. The molecule has 1 aromatic heterocycles. The lowest BCUT2D eigenvalue weighted by Gasteiger charge is -2.26. The molecule has 0 bridgehead atoms. The molecule has 2 rings (SSSR count). The van der Waals surface area contributed by atoms with Crippen molar-refractivity contribution in [3.05, 3.63) is 57.8 Å². The highest BCUT2D eigenvalue weighted by atomic mass is 35.5. The quantitative estimate of drug-likeness (QED) is 0.783. The smallest absolute Gasteiger partial charge is 0.254 e. The van der Waals surface area contributed by atoms with Gasteiger partial charge in [0.05, 0.1) is 13.2 Å². The van der Waals surface area contributed by atoms with E-state index in [4.69, 9.17) is 27.9 Å². The van der Waals surface area contributed by atoms with Crippen LogP contribution in [0.25, 0.3) is 0 Å². The number of rotatable bonds is 4. The van der Waals surface area contributed by atoms with Gasteiger partial charge in [-0.15, -0.1) is 0 Å². The largest absolute Gasteiger partial charge is 0.496 e. The van der Waals surface area contributed by atoms with Crippen LogP contribution >= 0.6 is 23.2 Å². The van der Waals surface area contributed by atoms with Crippen LogP contribution in [0.15, 0.2) is 36.4 Å². The third-order valence-electron chi connectivity index (χ3n) is 3.50. The second-order valence-electron chi connectivity index (χ2n) is 4.84. The lowest BCUT2D eigenvalue weighted by Crippen LogP contribution is -2.30. The summed E-state index contributed by atoms with van der Waals surface area (Å²) < 4.78 is 5.35. The molecule has 0 saturated carbocycles. The first-order chi connectivity index (χ1) is 10.4. The Morgan fingerprint density at radius 1 is 1.23 bits per heavy atom. The van der Waals surface area contributed by atoms with E-state index in [0.29, 0.717) is 5.56 Å². The van der Waals surface area contributed by atoms with Crippen LogP contribution in [-0.4, -0.2) is 29.9 Å². The average Bonchev–Trinajstić information content (AvgIpc) is 2.51. The second-order valence-corrected chi connectivity index (χ2v) is 5.61. The predicted molar refractivity (Wildman–Crippen MR) is 87.8 cm³/mol. The molecule has 0 saturated heterocycles. The first-order valence-electron chi connectivity index (χ1n) is 6.67. The molecule has 0 fully saturated rings. The Kier molecular flexibility index (Phi) is 5.27. The van der Waals surface area contributed by atoms with Crippen molar-refractivity contribution in [2.75, 3.05) is 14.2 Å². The number of halogens is 2. The number of amides is 1. The monoisotopic (exact) mass is 338 g/mol. The van der Waals surface area contributed by atoms with Gasteiger partial charge in [0, 0.05) is 18.2 Å². The summed E-state index contributed by atoms with van der Waals surface area (Å²) in [6.45, 7) is 1.93. The van der Waals surface area contributed by atoms with Gasteiger partial charge in [0.2, 0.25) is 0 Å². The van der Waals surface area contributed by atoms with Crippen molar-refractivity contribution in [3.8, 4) is 5.75 Å². The fourth-order valence-electron chi connectivity index (χ4n) is 2.19. The third-order valence-corrected chi connectivity index (χ3v) is 3.89. The number of ether oxygens (including phenoxy) is 1. The number of benzene rings is 1. The Morgan fingerprint density at radius 2 is 1.82 bits per heavy atom. The fraction of sp³-hybridized carbons (Fsp3) is 0.250. The van der Waals surface area contributed by atoms with E-state index in [9.17, 15) is 4.79 Å². The molecular weight excluding hydrogens is 323 g/mol. The number of hydrogen-bond acceptors (Lipinski definition) is 3. The molecule has 0 N–H and O–H groups in total. The molecule has 116 valence electrons. The van der Waals surface area contributed by atoms with Crippen LogP contribution in [0, 0.1) is 0 Å². The lowest BCUT2D eigenvalue weighted by molar-refractivity contribution is 0.0741. The van der Waals surface area contributed by atoms with Gasteiger partial charge < -0.3 is 9.64 Å². The standard InChI is InChI=1S/C16H16Cl2N2O2/c1-10(12-6-4-5-7-13(12)22-3)20(2)16(21)11-8-14(17)19-15(18)9-11/h4-10H,1-3H3. The van der Waals surface area contributed by atoms with Gasteiger partial charge in [-0.3, -0.25) is 4.79 Å². The Morgan fingerprint density at radius 3 is 2.41 bits per heavy atom. The molecule has 1 unspecified atom stereocenters. The normalized spacial score (nSPS) is 11.9. The summed E-state index contributed by atoms with van der Waals surface area (Å²) in [5.74, 6) is 0.546. The van der Waals surface area contributed by atoms with Crippen LogP contribution in [0.5, 0.6) is 5.75 Å². The third kappa shape index (κ3) is 3.51. The van der Waals surface area contributed by atoms with Gasteiger partial charge in [-0.2, -0.15) is 0 Å². The summed E-state index contributed by atoms with van der Waals surface area (Å²) in [6.07, 6.45) is 0. The van der Waals surface area contributed by atoms with Gasteiger partial charge in [-0.05, 0) is 25.1 Å². The van der Waals surface area contributed by atoms with Crippen molar-refractivity contribution in [2.24, 2.45) is 0 Å². The summed E-state index contributed by atoms with van der Waals surface area (Å²) in [6, 6.07) is 10.4. The van der Waals surface area contributed by atoms with Crippen LogP contribution < -0.4 is 4.74 Å². The van der Waals surface area contributed by atoms with Gasteiger partial charge >= 0.3 is 0 Å². The highest BCUT2D eigenvalue weighted by molar-refractivity contribution is 6.33. The zero-order valence-corrected chi connectivity index (χ0v) is 14.0. The summed E-state index contributed by atoms with van der Waals surface area (Å²) in [5.41, 5.74) is 1.32. The van der Waals surface area contributed by atoms with Crippen molar-refractivity contribution < 1.29 is 9.53 Å². The second kappa shape index (κ2) is 6.99. The minimum atomic E-state index is -0.190. The first kappa shape index (κ1) is 16.6. The summed E-state index contributed by atoms with van der Waals surface area (Å²) in [4.78, 5) is 18.1. The summed E-state index contributed by atoms with van der Waals surface area (Å²) >= 11 is 11.7. The van der Waals surface area contributed by atoms with Crippen LogP contribution in [0.2, 0.25) is 10.3 Å². The van der Waals surface area contributed by atoms with E-state index in [-0.39, 0.29) is 22.3 Å². The highest BCUT2D eigenvalue weighted by Crippen LogP contribution is 2.29. The Bertz CT molecular complexity index is 671. The van der Waals surface area contributed by atoms with Crippen LogP contribution in [0.3, 0.4) is 0 Å². The molecule has 0 aliphatic rings. The Balaban J connectivity index is 2.30. The van der Waals surface area contributed by atoms with Gasteiger partial charge in [0.1, 0.15) is 16.1 Å². The number of para-hydroxylation sites is 1. The van der Waals surface area contributed by atoms with Crippen LogP contribution in [-0.2, 0) is 0 Å². The number of pyridine rings is 1. The van der Waals surface area contributed by atoms with E-state index in [2.05, 4.69) is 4.98 Å². The molecule has 2 aromatic rings. The molecular formula is C16H16Cl2N2O2. The molecule has 1 heterocycles. The number of aromatic nitrogens is 1. The maximum absolute atomic E-state index is 12.6. The van der Waals surface area contributed by atoms with Crippen molar-refractivity contribution >= 4 is 29.1 Å². The van der Waals surface area contributed by atoms with Crippen molar-refractivity contribution in [3.63, 3.8) is 0 Å². The van der Waals surface area contributed by atoms with E-state index in [1.807, 2.05) is 31.2 Å². The Labute approximate surface area is 139 Å². The molecule has 0 aliphatic heterocycles. The topological polar surface area (TPSA) is 42.4 Å². The molecule has 0 radical (unpaired) electrons. The van der Waals surface area contributed by atoms with E-state index in [1.54, 1.807) is 19.1 Å². The number of nitrogens with zero attached hydrogens (tertiary/aromatic N) is 2. The zero-order chi connectivity index (χ0) is 16.3. The fourth-order valence-corrected chi connectivity index (χ4v) is 2.65. The van der Waals surface area contributed by atoms with Gasteiger partial charge in [0.25, 0.3) is 5.91 Å². The van der Waals surface area contributed by atoms with E-state index >= 15 is 0 Å². The average molecular weight is 339 g/mol. The lowest BCUT2D eigenvalue weighted by atomic mass is 10.1. The first-order valence-corrected chi connectivity index (χ1v) is 7.42. The van der Waals surface area contributed by atoms with E-state index in [1.165, 1.54) is 12.1 Å². The minimum Gasteiger partial charge on any atom is -0.496 e. The van der Waals surface area contributed by atoms with Gasteiger partial charge in [0.15, 0.2) is 0 Å². The van der Waals surface area contributed by atoms with Crippen molar-refractivity contribution in [2.45, 2.75) is 13.0 Å². The summed E-state index contributed by atoms with van der Waals surface area (Å²) in [5, 5.41) is 0.378. The van der Waals surface area contributed by atoms with Crippen molar-refractivity contribution in [1.29, 1.82) is 0 Å². The zero-order valence-electron chi connectivity index (χ0n) is 12.5. The van der Waals surface area contributed by atoms with Crippen LogP contribution in [0.4, 0.5) is 0 Å². The van der Waals surface area contributed by atoms with Gasteiger partial charge in [-0.25, -0.2) is 4.98 Å². The summed E-state index contributed by atoms with van der Waals surface area (Å²) in [7, 11) is 3.33. The molecule has 6 heteroatoms. The molecule has 22 heavy (non-hydrogen) atoms. The minimum absolute atomic E-state index is 0.172. The molecule has 1 aromatic carbocycles. The Hall–Kier alpha value is -1.78. The predicted octanol–water partition coefficient (Wildman–Crippen LogP) is 4.23. The maximum Gasteiger partial charge on any atom is 0.254 e. The number of hydrogen-bond donors (Lipinski definition) is 0.